The zero-order chi connectivity index (χ0) is 10.3. The summed E-state index contributed by atoms with van der Waals surface area (Å²) >= 11 is 0. The van der Waals surface area contributed by atoms with Crippen LogP contribution in [0.5, 0.6) is 0 Å². The van der Waals surface area contributed by atoms with Crippen LogP contribution in [0.2, 0.25) is 0 Å². The first-order valence-corrected chi connectivity index (χ1v) is 5.46. The summed E-state index contributed by atoms with van der Waals surface area (Å²) in [6.07, 6.45) is 0.878. The lowest BCUT2D eigenvalue weighted by atomic mass is 10.2. The van der Waals surface area contributed by atoms with Crippen molar-refractivity contribution in [2.45, 2.75) is 19.1 Å². The van der Waals surface area contributed by atoms with Gasteiger partial charge in [-0.3, -0.25) is 0 Å². The zero-order valence-electron chi connectivity index (χ0n) is 9.17. The van der Waals surface area contributed by atoms with Crippen LogP contribution >= 0.6 is 0 Å². The van der Waals surface area contributed by atoms with Crippen LogP contribution in [0.25, 0.3) is 0 Å². The number of ether oxygens (including phenoxy) is 2. The molecular formula is C8H22N2O2Si. The molecule has 0 fully saturated rings. The highest BCUT2D eigenvalue weighted by molar-refractivity contribution is 6.04. The van der Waals surface area contributed by atoms with Gasteiger partial charge in [0, 0.05) is 33.7 Å². The van der Waals surface area contributed by atoms with Gasteiger partial charge in [-0.15, -0.1) is 0 Å². The van der Waals surface area contributed by atoms with Gasteiger partial charge in [0.2, 0.25) is 0 Å². The van der Waals surface area contributed by atoms with Crippen molar-refractivity contribution in [3.05, 3.63) is 0 Å². The summed E-state index contributed by atoms with van der Waals surface area (Å²) in [5.41, 5.74) is 5.45. The molecular weight excluding hydrogens is 184 g/mol. The average Bonchev–Trinajstić information content (AvgIpc) is 2.15. The first-order valence-electron chi connectivity index (χ1n) is 4.57. The van der Waals surface area contributed by atoms with Crippen molar-refractivity contribution >= 4 is 10.4 Å². The second-order valence-corrected chi connectivity index (χ2v) is 4.65. The summed E-state index contributed by atoms with van der Waals surface area (Å²) in [5.74, 6) is -0.447. The highest BCUT2D eigenvalue weighted by Gasteiger charge is 2.22. The number of nitrogens with two attached hydrogens (primary N) is 1. The Morgan fingerprint density at radius 3 is 2.23 bits per heavy atom. The van der Waals surface area contributed by atoms with Crippen LogP contribution < -0.4 is 5.73 Å². The van der Waals surface area contributed by atoms with Crippen molar-refractivity contribution in [1.29, 1.82) is 0 Å². The zero-order valence-corrected chi connectivity index (χ0v) is 11.2. The molecule has 2 N–H and O–H groups in total. The molecule has 0 aliphatic carbocycles. The van der Waals surface area contributed by atoms with Crippen LogP contribution in [-0.2, 0) is 9.47 Å². The lowest BCUT2D eigenvalue weighted by molar-refractivity contribution is -0.197. The molecule has 0 aromatic rings. The molecule has 0 aliphatic rings. The molecule has 4 nitrogen and oxygen atoms in total. The molecule has 0 unspecified atom stereocenters. The molecule has 0 saturated heterocycles. The SMILES string of the molecule is COC(C)(CCN([SiH3])CCN)OC. The van der Waals surface area contributed by atoms with E-state index in [0.29, 0.717) is 0 Å². The molecule has 5 heteroatoms. The van der Waals surface area contributed by atoms with E-state index in [0.717, 1.165) is 36.5 Å². The third-order valence-electron chi connectivity index (χ3n) is 2.32. The minimum atomic E-state index is -0.447. The van der Waals surface area contributed by atoms with Crippen molar-refractivity contribution < 1.29 is 9.47 Å². The molecule has 0 aliphatic heterocycles. The van der Waals surface area contributed by atoms with Crippen LogP contribution in [0, 0.1) is 0 Å². The van der Waals surface area contributed by atoms with Gasteiger partial charge in [-0.1, -0.05) is 0 Å². The Morgan fingerprint density at radius 1 is 1.31 bits per heavy atom. The number of rotatable bonds is 7. The molecule has 0 aromatic carbocycles. The van der Waals surface area contributed by atoms with Crippen molar-refractivity contribution in [3.8, 4) is 0 Å². The lowest BCUT2D eigenvalue weighted by Crippen LogP contribution is -2.36. The summed E-state index contributed by atoms with van der Waals surface area (Å²) in [6, 6.07) is 0. The number of methoxy groups -OCH3 is 2. The van der Waals surface area contributed by atoms with Gasteiger partial charge >= 0.3 is 0 Å². The highest BCUT2D eigenvalue weighted by atomic mass is 28.2. The van der Waals surface area contributed by atoms with E-state index in [1.165, 1.54) is 0 Å². The topological polar surface area (TPSA) is 47.7 Å². The molecule has 0 bridgehead atoms. The summed E-state index contributed by atoms with van der Waals surface area (Å²) in [6.45, 7) is 4.63. The minimum Gasteiger partial charge on any atom is -0.353 e. The van der Waals surface area contributed by atoms with E-state index in [9.17, 15) is 0 Å². The molecule has 0 rings (SSSR count). The highest BCUT2D eigenvalue weighted by Crippen LogP contribution is 2.14. The van der Waals surface area contributed by atoms with Crippen molar-refractivity contribution in [2.75, 3.05) is 33.9 Å². The van der Waals surface area contributed by atoms with E-state index < -0.39 is 5.79 Å². The molecule has 0 aromatic heterocycles. The van der Waals surface area contributed by atoms with Crippen LogP contribution in [0.15, 0.2) is 0 Å². The average molecular weight is 206 g/mol. The number of nitrogens with zero attached hydrogens (tertiary/aromatic N) is 1. The molecule has 0 saturated carbocycles. The van der Waals surface area contributed by atoms with Gasteiger partial charge in [-0.2, -0.15) is 0 Å². The molecule has 13 heavy (non-hydrogen) atoms. The minimum absolute atomic E-state index is 0.447. The van der Waals surface area contributed by atoms with Crippen molar-refractivity contribution in [1.82, 2.24) is 4.57 Å². The molecule has 0 heterocycles. The monoisotopic (exact) mass is 206 g/mol. The molecule has 0 radical (unpaired) electrons. The standard InChI is InChI=1S/C8H22N2O2Si/c1-8(11-2,12-3)4-6-10(13)7-5-9/h4-7,9H2,1-3,13H3. The Hall–Kier alpha value is 0.0569. The molecule has 0 spiro atoms. The van der Waals surface area contributed by atoms with Gasteiger partial charge in [0.25, 0.3) is 0 Å². The number of hydrogen-bond acceptors (Lipinski definition) is 4. The quantitative estimate of drug-likeness (QED) is 0.425. The lowest BCUT2D eigenvalue weighted by Gasteiger charge is -2.28. The summed E-state index contributed by atoms with van der Waals surface area (Å²) in [7, 11) is 4.38. The van der Waals surface area contributed by atoms with E-state index >= 15 is 0 Å². The van der Waals surface area contributed by atoms with Crippen LogP contribution in [0.4, 0.5) is 0 Å². The fourth-order valence-corrected chi connectivity index (χ4v) is 1.50. The molecule has 0 atom stereocenters. The van der Waals surface area contributed by atoms with E-state index in [2.05, 4.69) is 4.57 Å². The largest absolute Gasteiger partial charge is 0.353 e. The summed E-state index contributed by atoms with van der Waals surface area (Å²) in [4.78, 5) is 0. The Morgan fingerprint density at radius 2 is 1.85 bits per heavy atom. The van der Waals surface area contributed by atoms with Crippen LogP contribution in [-0.4, -0.2) is 54.6 Å². The smallest absolute Gasteiger partial charge is 0.165 e. The van der Waals surface area contributed by atoms with Gasteiger partial charge in [0.1, 0.15) is 0 Å². The summed E-state index contributed by atoms with van der Waals surface area (Å²) in [5, 5.41) is 0. The molecule has 80 valence electrons. The van der Waals surface area contributed by atoms with E-state index in [-0.39, 0.29) is 0 Å². The van der Waals surface area contributed by atoms with E-state index in [1.54, 1.807) is 14.2 Å². The maximum Gasteiger partial charge on any atom is 0.165 e. The van der Waals surface area contributed by atoms with E-state index in [4.69, 9.17) is 15.2 Å². The van der Waals surface area contributed by atoms with Gasteiger partial charge in [-0.05, 0) is 13.5 Å². The second kappa shape index (κ2) is 6.50. The van der Waals surface area contributed by atoms with Crippen molar-refractivity contribution in [3.63, 3.8) is 0 Å². The Balaban J connectivity index is 3.71. The van der Waals surface area contributed by atoms with Gasteiger partial charge in [0.15, 0.2) is 5.79 Å². The fourth-order valence-electron chi connectivity index (χ4n) is 1.01. The normalized spacial score (nSPS) is 12.7. The Labute approximate surface area is 83.9 Å². The predicted octanol–water partition coefficient (Wildman–Crippen LogP) is -1.07. The fraction of sp³-hybridized carbons (Fsp3) is 1.00. The Bertz CT molecular complexity index is 131. The first-order chi connectivity index (χ1) is 6.08. The maximum atomic E-state index is 5.45. The third kappa shape index (κ3) is 5.38. The number of hydrogen-bond donors (Lipinski definition) is 1. The van der Waals surface area contributed by atoms with Crippen LogP contribution in [0.3, 0.4) is 0 Å². The Kier molecular flexibility index (Phi) is 6.53. The third-order valence-corrected chi connectivity index (χ3v) is 3.22. The van der Waals surface area contributed by atoms with Crippen molar-refractivity contribution in [2.24, 2.45) is 5.73 Å². The van der Waals surface area contributed by atoms with Gasteiger partial charge in [0.05, 0.1) is 10.4 Å². The van der Waals surface area contributed by atoms with Gasteiger partial charge < -0.3 is 19.8 Å². The van der Waals surface area contributed by atoms with Gasteiger partial charge in [-0.25, -0.2) is 0 Å². The maximum absolute atomic E-state index is 5.45. The van der Waals surface area contributed by atoms with E-state index in [1.807, 2.05) is 6.92 Å². The summed E-state index contributed by atoms with van der Waals surface area (Å²) < 4.78 is 12.8. The first kappa shape index (κ1) is 13.1. The van der Waals surface area contributed by atoms with Crippen LogP contribution in [0.1, 0.15) is 13.3 Å². The predicted molar refractivity (Wildman–Crippen MR) is 57.6 cm³/mol. The molecule has 0 amide bonds. The second-order valence-electron chi connectivity index (χ2n) is 3.38.